The third kappa shape index (κ3) is 2.22. The van der Waals surface area contributed by atoms with Gasteiger partial charge in [-0.15, -0.1) is 0 Å². The van der Waals surface area contributed by atoms with Crippen LogP contribution in [0.3, 0.4) is 0 Å². The molecular formula is C14H10ClFO. The van der Waals surface area contributed by atoms with Crippen LogP contribution in [0.1, 0.15) is 21.5 Å². The van der Waals surface area contributed by atoms with Crippen molar-refractivity contribution >= 4 is 17.4 Å². The lowest BCUT2D eigenvalue weighted by Gasteiger charge is -2.06. The van der Waals surface area contributed by atoms with E-state index in [1.54, 1.807) is 37.3 Å². The molecule has 2 rings (SSSR count). The Balaban J connectivity index is 2.52. The van der Waals surface area contributed by atoms with Gasteiger partial charge in [0, 0.05) is 5.56 Å². The summed E-state index contributed by atoms with van der Waals surface area (Å²) >= 11 is 6.05. The molecule has 0 saturated heterocycles. The van der Waals surface area contributed by atoms with Crippen molar-refractivity contribution in [3.63, 3.8) is 0 Å². The molecule has 3 heteroatoms. The smallest absolute Gasteiger partial charge is 0.197 e. The molecule has 86 valence electrons. The first-order valence-corrected chi connectivity index (χ1v) is 5.53. The molecule has 0 saturated carbocycles. The zero-order valence-corrected chi connectivity index (χ0v) is 9.96. The summed E-state index contributed by atoms with van der Waals surface area (Å²) in [5.41, 5.74) is 1.17. The lowest BCUT2D eigenvalue weighted by Crippen LogP contribution is -2.05. The molecule has 1 nitrogen and oxygen atoms in total. The summed E-state index contributed by atoms with van der Waals surface area (Å²) in [7, 11) is 0. The summed E-state index contributed by atoms with van der Waals surface area (Å²) in [6, 6.07) is 11.0. The van der Waals surface area contributed by atoms with E-state index >= 15 is 0 Å². The second-order valence-corrected chi connectivity index (χ2v) is 4.12. The predicted octanol–water partition coefficient (Wildman–Crippen LogP) is 4.02. The number of rotatable bonds is 2. The van der Waals surface area contributed by atoms with Gasteiger partial charge in [-0.2, -0.15) is 0 Å². The van der Waals surface area contributed by atoms with Gasteiger partial charge in [-0.25, -0.2) is 4.39 Å². The Labute approximate surface area is 104 Å². The molecule has 17 heavy (non-hydrogen) atoms. The van der Waals surface area contributed by atoms with Gasteiger partial charge in [-0.05, 0) is 30.7 Å². The SMILES string of the molecule is Cc1cccc(C(=O)c2ccccc2F)c1Cl. The number of carbonyl (C=O) groups excluding carboxylic acids is 1. The third-order valence-electron chi connectivity index (χ3n) is 2.55. The van der Waals surface area contributed by atoms with Crippen LogP contribution in [0.5, 0.6) is 0 Å². The van der Waals surface area contributed by atoms with Crippen molar-refractivity contribution < 1.29 is 9.18 Å². The van der Waals surface area contributed by atoms with E-state index in [9.17, 15) is 9.18 Å². The van der Waals surface area contributed by atoms with Crippen molar-refractivity contribution in [1.29, 1.82) is 0 Å². The second kappa shape index (κ2) is 4.68. The first kappa shape index (κ1) is 11.8. The maximum absolute atomic E-state index is 13.5. The number of benzene rings is 2. The number of hydrogen-bond donors (Lipinski definition) is 0. The largest absolute Gasteiger partial charge is 0.288 e. The average molecular weight is 249 g/mol. The lowest BCUT2D eigenvalue weighted by atomic mass is 10.0. The van der Waals surface area contributed by atoms with Gasteiger partial charge in [-0.1, -0.05) is 35.9 Å². The molecule has 0 spiro atoms. The Bertz CT molecular complexity index is 578. The molecule has 0 atom stereocenters. The quantitative estimate of drug-likeness (QED) is 0.734. The third-order valence-corrected chi connectivity index (χ3v) is 3.06. The molecule has 0 aliphatic rings. The minimum Gasteiger partial charge on any atom is -0.288 e. The van der Waals surface area contributed by atoms with Crippen LogP contribution in [-0.2, 0) is 0 Å². The standard InChI is InChI=1S/C14H10ClFO/c1-9-5-4-7-11(13(9)15)14(17)10-6-2-3-8-12(10)16/h2-8H,1H3. The van der Waals surface area contributed by atoms with Crippen LogP contribution in [0.15, 0.2) is 42.5 Å². The molecule has 0 aliphatic carbocycles. The van der Waals surface area contributed by atoms with Crippen molar-refractivity contribution in [2.75, 3.05) is 0 Å². The van der Waals surface area contributed by atoms with E-state index in [1.165, 1.54) is 12.1 Å². The summed E-state index contributed by atoms with van der Waals surface area (Å²) < 4.78 is 13.5. The van der Waals surface area contributed by atoms with Gasteiger partial charge in [0.1, 0.15) is 5.82 Å². The Hall–Kier alpha value is -1.67. The minimum absolute atomic E-state index is 0.0417. The molecule has 0 bridgehead atoms. The van der Waals surface area contributed by atoms with E-state index in [4.69, 9.17) is 11.6 Å². The molecule has 2 aromatic rings. The van der Waals surface area contributed by atoms with Gasteiger partial charge in [-0.3, -0.25) is 4.79 Å². The lowest BCUT2D eigenvalue weighted by molar-refractivity contribution is 0.103. The highest BCUT2D eigenvalue weighted by molar-refractivity contribution is 6.35. The van der Waals surface area contributed by atoms with Crippen LogP contribution in [0.2, 0.25) is 5.02 Å². The fraction of sp³-hybridized carbons (Fsp3) is 0.0714. The number of halogens is 2. The van der Waals surface area contributed by atoms with Crippen molar-refractivity contribution in [3.8, 4) is 0 Å². The van der Waals surface area contributed by atoms with Crippen LogP contribution < -0.4 is 0 Å². The second-order valence-electron chi connectivity index (χ2n) is 3.75. The highest BCUT2D eigenvalue weighted by Gasteiger charge is 2.16. The highest BCUT2D eigenvalue weighted by atomic mass is 35.5. The Morgan fingerprint density at radius 3 is 2.41 bits per heavy atom. The van der Waals surface area contributed by atoms with Gasteiger partial charge < -0.3 is 0 Å². The molecule has 0 N–H and O–H groups in total. The van der Waals surface area contributed by atoms with E-state index in [1.807, 2.05) is 0 Å². The Kier molecular flexibility index (Phi) is 3.25. The van der Waals surface area contributed by atoms with Gasteiger partial charge in [0.2, 0.25) is 0 Å². The van der Waals surface area contributed by atoms with E-state index in [-0.39, 0.29) is 5.56 Å². The van der Waals surface area contributed by atoms with Gasteiger partial charge in [0.25, 0.3) is 0 Å². The molecule has 0 radical (unpaired) electrons. The van der Waals surface area contributed by atoms with Crippen molar-refractivity contribution in [2.24, 2.45) is 0 Å². The number of ketones is 1. The van der Waals surface area contributed by atoms with Gasteiger partial charge in [0.05, 0.1) is 10.6 Å². The first-order chi connectivity index (χ1) is 8.11. The molecule has 2 aromatic carbocycles. The summed E-state index contributed by atoms with van der Waals surface area (Å²) in [5.74, 6) is -0.924. The van der Waals surface area contributed by atoms with E-state index in [0.29, 0.717) is 10.6 Å². The van der Waals surface area contributed by atoms with Crippen LogP contribution in [0.4, 0.5) is 4.39 Å². The summed E-state index contributed by atoms with van der Waals surface area (Å²) in [4.78, 5) is 12.1. The molecule has 0 amide bonds. The normalized spacial score (nSPS) is 10.3. The topological polar surface area (TPSA) is 17.1 Å². The van der Waals surface area contributed by atoms with Crippen molar-refractivity contribution in [3.05, 3.63) is 70.0 Å². The molecule has 0 unspecified atom stereocenters. The fourth-order valence-electron chi connectivity index (χ4n) is 1.61. The van der Waals surface area contributed by atoms with E-state index in [0.717, 1.165) is 5.56 Å². The van der Waals surface area contributed by atoms with E-state index in [2.05, 4.69) is 0 Å². The summed E-state index contributed by atoms with van der Waals surface area (Å²) in [6.45, 7) is 1.81. The molecular weight excluding hydrogens is 239 g/mol. The monoisotopic (exact) mass is 248 g/mol. The van der Waals surface area contributed by atoms with Crippen LogP contribution in [0.25, 0.3) is 0 Å². The van der Waals surface area contributed by atoms with Crippen molar-refractivity contribution in [2.45, 2.75) is 6.92 Å². The minimum atomic E-state index is -0.532. The Morgan fingerprint density at radius 2 is 1.71 bits per heavy atom. The van der Waals surface area contributed by atoms with Crippen molar-refractivity contribution in [1.82, 2.24) is 0 Å². The fourth-order valence-corrected chi connectivity index (χ4v) is 1.83. The van der Waals surface area contributed by atoms with Crippen LogP contribution in [-0.4, -0.2) is 5.78 Å². The van der Waals surface area contributed by atoms with Gasteiger partial charge >= 0.3 is 0 Å². The summed E-state index contributed by atoms with van der Waals surface area (Å²) in [6.07, 6.45) is 0. The molecule has 0 fully saturated rings. The maximum atomic E-state index is 13.5. The zero-order chi connectivity index (χ0) is 12.4. The Morgan fingerprint density at radius 1 is 1.06 bits per heavy atom. The molecule has 0 heterocycles. The predicted molar refractivity (Wildman–Crippen MR) is 66.0 cm³/mol. The zero-order valence-electron chi connectivity index (χ0n) is 9.21. The van der Waals surface area contributed by atoms with Gasteiger partial charge in [0.15, 0.2) is 5.78 Å². The summed E-state index contributed by atoms with van der Waals surface area (Å²) in [5, 5.41) is 0.376. The number of aryl methyl sites for hydroxylation is 1. The maximum Gasteiger partial charge on any atom is 0.197 e. The highest BCUT2D eigenvalue weighted by Crippen LogP contribution is 2.23. The molecule has 0 aliphatic heterocycles. The average Bonchev–Trinajstić information content (AvgIpc) is 2.32. The van der Waals surface area contributed by atoms with E-state index < -0.39 is 11.6 Å². The van der Waals surface area contributed by atoms with Crippen LogP contribution in [0, 0.1) is 12.7 Å². The van der Waals surface area contributed by atoms with Crippen LogP contribution >= 0.6 is 11.6 Å². The molecule has 0 aromatic heterocycles. The number of hydrogen-bond acceptors (Lipinski definition) is 1. The number of carbonyl (C=O) groups is 1. The first-order valence-electron chi connectivity index (χ1n) is 5.15.